The van der Waals surface area contributed by atoms with E-state index in [-0.39, 0.29) is 23.9 Å². The van der Waals surface area contributed by atoms with Crippen LogP contribution in [0.25, 0.3) is 0 Å². The lowest BCUT2D eigenvalue weighted by Gasteiger charge is -2.20. The minimum absolute atomic E-state index is 0.0146. The second-order valence-corrected chi connectivity index (χ2v) is 10.6. The Kier molecular flexibility index (Phi) is 16.1. The van der Waals surface area contributed by atoms with Crippen LogP contribution in [0.3, 0.4) is 0 Å². The first-order chi connectivity index (χ1) is 16.3. The highest BCUT2D eigenvalue weighted by Crippen LogP contribution is 2.13. The molecule has 194 valence electrons. The van der Waals surface area contributed by atoms with Gasteiger partial charge in [0.1, 0.15) is 0 Å². The molecule has 0 radical (unpaired) electrons. The molecule has 0 heterocycles. The van der Waals surface area contributed by atoms with Gasteiger partial charge in [0.25, 0.3) is 5.91 Å². The van der Waals surface area contributed by atoms with Crippen molar-refractivity contribution < 1.29 is 9.59 Å². The molecule has 0 saturated heterocycles. The van der Waals surface area contributed by atoms with E-state index >= 15 is 0 Å². The van der Waals surface area contributed by atoms with Crippen LogP contribution in [-0.2, 0) is 4.79 Å². The number of carbonyl (C=O) groups excluding carboxylic acids is 2. The van der Waals surface area contributed by atoms with Crippen LogP contribution in [0.2, 0.25) is 0 Å². The molecule has 0 aliphatic heterocycles. The fourth-order valence-electron chi connectivity index (χ4n) is 3.98. The average Bonchev–Trinajstić information content (AvgIpc) is 2.79. The van der Waals surface area contributed by atoms with Crippen LogP contribution < -0.4 is 16.0 Å². The average molecular weight is 474 g/mol. The smallest absolute Gasteiger partial charge is 0.251 e. The molecule has 0 spiro atoms. The summed E-state index contributed by atoms with van der Waals surface area (Å²) in [5.74, 6) is -0.127. The predicted molar refractivity (Wildman–Crippen MR) is 145 cm³/mol. The number of rotatable bonds is 19. The maximum Gasteiger partial charge on any atom is 0.251 e. The van der Waals surface area contributed by atoms with Gasteiger partial charge in [0.2, 0.25) is 5.91 Å². The van der Waals surface area contributed by atoms with Crippen molar-refractivity contribution in [1.29, 1.82) is 0 Å². The highest BCUT2D eigenvalue weighted by atomic mass is 16.2. The fourth-order valence-corrected chi connectivity index (χ4v) is 3.98. The van der Waals surface area contributed by atoms with E-state index < -0.39 is 0 Å². The highest BCUT2D eigenvalue weighted by Gasteiger charge is 2.15. The van der Waals surface area contributed by atoms with Crippen LogP contribution in [0.4, 0.5) is 5.69 Å². The lowest BCUT2D eigenvalue weighted by Crippen LogP contribution is -2.40. The van der Waals surface area contributed by atoms with Crippen molar-refractivity contribution >= 4 is 17.5 Å². The van der Waals surface area contributed by atoms with Crippen molar-refractivity contribution in [3.63, 3.8) is 0 Å². The van der Waals surface area contributed by atoms with E-state index in [4.69, 9.17) is 0 Å². The number of hydrogen-bond donors (Lipinski definition) is 3. The highest BCUT2D eigenvalue weighted by molar-refractivity contribution is 5.95. The third-order valence-electron chi connectivity index (χ3n) is 5.92. The molecule has 0 fully saturated rings. The van der Waals surface area contributed by atoms with E-state index in [2.05, 4.69) is 22.9 Å². The standard InChI is InChI=1S/C29H51N3O2/c1-5-6-7-8-9-10-11-12-13-14-15-16-17-18-22-30-27(33)24-31-26-21-19-20-25(23-26)28(34)32-29(2,3)4/h19-21,23,31H,5-18,22,24H2,1-4H3,(H,30,33)(H,32,34). The summed E-state index contributed by atoms with van der Waals surface area (Å²) in [6.07, 6.45) is 18.7. The van der Waals surface area contributed by atoms with Crippen LogP contribution in [0.1, 0.15) is 128 Å². The summed E-state index contributed by atoms with van der Waals surface area (Å²) in [6, 6.07) is 7.26. The zero-order valence-corrected chi connectivity index (χ0v) is 22.4. The van der Waals surface area contributed by atoms with Gasteiger partial charge in [-0.1, -0.05) is 96.5 Å². The van der Waals surface area contributed by atoms with Gasteiger partial charge in [-0.05, 0) is 45.4 Å². The SMILES string of the molecule is CCCCCCCCCCCCCCCCNC(=O)CNc1cccc(C(=O)NC(C)(C)C)c1. The molecule has 0 atom stereocenters. The summed E-state index contributed by atoms with van der Waals surface area (Å²) < 4.78 is 0. The number of anilines is 1. The van der Waals surface area contributed by atoms with Crippen molar-refractivity contribution in [1.82, 2.24) is 10.6 Å². The first-order valence-corrected chi connectivity index (χ1v) is 13.7. The predicted octanol–water partition coefficient (Wildman–Crippen LogP) is 7.22. The maximum atomic E-state index is 12.3. The third kappa shape index (κ3) is 16.6. The van der Waals surface area contributed by atoms with Gasteiger partial charge in [-0.25, -0.2) is 0 Å². The second-order valence-electron chi connectivity index (χ2n) is 10.6. The Morgan fingerprint density at radius 2 is 1.29 bits per heavy atom. The quantitative estimate of drug-likeness (QED) is 0.186. The number of benzene rings is 1. The van der Waals surface area contributed by atoms with Crippen molar-refractivity contribution in [2.24, 2.45) is 0 Å². The van der Waals surface area contributed by atoms with Crippen LogP contribution in [0.5, 0.6) is 0 Å². The molecule has 0 saturated carbocycles. The van der Waals surface area contributed by atoms with Gasteiger partial charge in [-0.3, -0.25) is 9.59 Å². The van der Waals surface area contributed by atoms with Gasteiger partial charge >= 0.3 is 0 Å². The Morgan fingerprint density at radius 1 is 0.765 bits per heavy atom. The van der Waals surface area contributed by atoms with Gasteiger partial charge in [-0.2, -0.15) is 0 Å². The molecule has 0 aromatic heterocycles. The molecule has 0 aliphatic carbocycles. The van der Waals surface area contributed by atoms with Gasteiger partial charge in [0.15, 0.2) is 0 Å². The maximum absolute atomic E-state index is 12.3. The zero-order chi connectivity index (χ0) is 25.1. The molecule has 3 N–H and O–H groups in total. The Hall–Kier alpha value is -2.04. The van der Waals surface area contributed by atoms with Crippen LogP contribution in [0, 0.1) is 0 Å². The number of hydrogen-bond acceptors (Lipinski definition) is 3. The number of carbonyl (C=O) groups is 2. The van der Waals surface area contributed by atoms with Crippen molar-refractivity contribution in [2.75, 3.05) is 18.4 Å². The number of nitrogens with one attached hydrogen (secondary N) is 3. The Bertz CT molecular complexity index is 682. The summed E-state index contributed by atoms with van der Waals surface area (Å²) >= 11 is 0. The Morgan fingerprint density at radius 3 is 1.82 bits per heavy atom. The second kappa shape index (κ2) is 18.3. The monoisotopic (exact) mass is 473 g/mol. The molecule has 5 nitrogen and oxygen atoms in total. The molecule has 0 unspecified atom stereocenters. The van der Waals surface area contributed by atoms with Gasteiger partial charge < -0.3 is 16.0 Å². The van der Waals surface area contributed by atoms with Crippen LogP contribution in [0.15, 0.2) is 24.3 Å². The van der Waals surface area contributed by atoms with E-state index in [0.29, 0.717) is 5.56 Å². The first kappa shape index (κ1) is 30.0. The van der Waals surface area contributed by atoms with Crippen molar-refractivity contribution in [2.45, 2.75) is 123 Å². The van der Waals surface area contributed by atoms with Crippen molar-refractivity contribution in [3.05, 3.63) is 29.8 Å². The summed E-state index contributed by atoms with van der Waals surface area (Å²) in [6.45, 7) is 9.07. The molecule has 2 amide bonds. The molecule has 5 heteroatoms. The summed E-state index contributed by atoms with van der Waals surface area (Å²) in [4.78, 5) is 24.4. The van der Waals surface area contributed by atoms with E-state index in [1.807, 2.05) is 32.9 Å². The van der Waals surface area contributed by atoms with Crippen LogP contribution >= 0.6 is 0 Å². The molecule has 0 aliphatic rings. The van der Waals surface area contributed by atoms with Gasteiger partial charge in [0, 0.05) is 23.3 Å². The normalized spacial score (nSPS) is 11.3. The van der Waals surface area contributed by atoms with E-state index in [0.717, 1.165) is 18.7 Å². The fraction of sp³-hybridized carbons (Fsp3) is 0.724. The Labute approximate surface area is 209 Å². The minimum Gasteiger partial charge on any atom is -0.376 e. The third-order valence-corrected chi connectivity index (χ3v) is 5.92. The lowest BCUT2D eigenvalue weighted by molar-refractivity contribution is -0.119. The molecule has 0 bridgehead atoms. The molecule has 1 aromatic rings. The van der Waals surface area contributed by atoms with E-state index in [1.165, 1.54) is 83.5 Å². The first-order valence-electron chi connectivity index (χ1n) is 13.7. The molecule has 1 rings (SSSR count). The Balaban J connectivity index is 2.01. The van der Waals surface area contributed by atoms with E-state index in [1.54, 1.807) is 12.1 Å². The van der Waals surface area contributed by atoms with Crippen LogP contribution in [-0.4, -0.2) is 30.4 Å². The summed E-state index contributed by atoms with van der Waals surface area (Å²) in [5.41, 5.74) is 1.07. The minimum atomic E-state index is -0.284. The summed E-state index contributed by atoms with van der Waals surface area (Å²) in [5, 5.41) is 9.05. The zero-order valence-electron chi connectivity index (χ0n) is 22.4. The van der Waals surface area contributed by atoms with E-state index in [9.17, 15) is 9.59 Å². The summed E-state index contributed by atoms with van der Waals surface area (Å²) in [7, 11) is 0. The van der Waals surface area contributed by atoms with Crippen molar-refractivity contribution in [3.8, 4) is 0 Å². The largest absolute Gasteiger partial charge is 0.376 e. The molecule has 34 heavy (non-hydrogen) atoms. The number of unbranched alkanes of at least 4 members (excludes halogenated alkanes) is 13. The molecule has 1 aromatic carbocycles. The lowest BCUT2D eigenvalue weighted by atomic mass is 10.0. The number of amides is 2. The van der Waals surface area contributed by atoms with Gasteiger partial charge in [0.05, 0.1) is 6.54 Å². The molecular formula is C29H51N3O2. The van der Waals surface area contributed by atoms with Gasteiger partial charge in [-0.15, -0.1) is 0 Å². The molecular weight excluding hydrogens is 422 g/mol. The topological polar surface area (TPSA) is 70.2 Å².